The molecule has 0 amide bonds. The molecule has 0 aliphatic carbocycles. The van der Waals surface area contributed by atoms with Gasteiger partial charge in [-0.2, -0.15) is 18.3 Å². The maximum Gasteiger partial charge on any atom is 0.416 e. The number of benzene rings is 2. The van der Waals surface area contributed by atoms with Crippen LogP contribution in [-0.2, 0) is 22.6 Å². The average molecular weight is 409 g/mol. The summed E-state index contributed by atoms with van der Waals surface area (Å²) < 4.78 is 61.8. The van der Waals surface area contributed by atoms with Crippen LogP contribution in [0, 0.1) is 0 Å². The van der Waals surface area contributed by atoms with Crippen LogP contribution in [0.15, 0.2) is 59.6 Å². The van der Waals surface area contributed by atoms with Gasteiger partial charge in [0, 0.05) is 29.6 Å². The fourth-order valence-corrected chi connectivity index (χ4v) is 3.54. The molecule has 0 saturated heterocycles. The fourth-order valence-electron chi connectivity index (χ4n) is 2.66. The Morgan fingerprint density at radius 3 is 2.25 bits per heavy atom. The molecule has 2 N–H and O–H groups in total. The van der Waals surface area contributed by atoms with Gasteiger partial charge in [-0.25, -0.2) is 8.42 Å². The summed E-state index contributed by atoms with van der Waals surface area (Å²) >= 11 is 0. The van der Waals surface area contributed by atoms with Crippen LogP contribution in [0.25, 0.3) is 11.3 Å². The second-order valence-electron chi connectivity index (χ2n) is 6.12. The Bertz CT molecular complexity index is 1040. The summed E-state index contributed by atoms with van der Waals surface area (Å²) in [5.74, 6) is 0.0330. The van der Waals surface area contributed by atoms with Gasteiger partial charge >= 0.3 is 6.18 Å². The molecule has 3 rings (SSSR count). The van der Waals surface area contributed by atoms with Gasteiger partial charge in [0.2, 0.25) is 0 Å². The van der Waals surface area contributed by atoms with Gasteiger partial charge < -0.3 is 5.32 Å². The molecule has 1 heterocycles. The monoisotopic (exact) mass is 409 g/mol. The maximum absolute atomic E-state index is 12.7. The van der Waals surface area contributed by atoms with Crippen molar-refractivity contribution in [2.45, 2.75) is 24.5 Å². The van der Waals surface area contributed by atoms with Gasteiger partial charge in [-0.1, -0.05) is 19.1 Å². The third-order valence-corrected chi connectivity index (χ3v) is 6.03. The predicted molar refractivity (Wildman–Crippen MR) is 101 cm³/mol. The molecule has 5 nitrogen and oxygen atoms in total. The SMILES string of the molecule is CCS(=O)(=O)c1ccc(NCc2c[nH]nc2-c2ccc(C(F)(F)F)cc2)cc1. The highest BCUT2D eigenvalue weighted by atomic mass is 32.2. The number of nitrogens with zero attached hydrogens (tertiary/aromatic N) is 1. The Morgan fingerprint density at radius 2 is 1.68 bits per heavy atom. The van der Waals surface area contributed by atoms with Crippen LogP contribution in [0.5, 0.6) is 0 Å². The molecular weight excluding hydrogens is 391 g/mol. The van der Waals surface area contributed by atoms with Crippen molar-refractivity contribution in [3.05, 3.63) is 65.9 Å². The van der Waals surface area contributed by atoms with Gasteiger partial charge in [0.05, 0.1) is 21.9 Å². The van der Waals surface area contributed by atoms with Gasteiger partial charge in [0.25, 0.3) is 0 Å². The van der Waals surface area contributed by atoms with Gasteiger partial charge in [-0.15, -0.1) is 0 Å². The number of nitrogens with one attached hydrogen (secondary N) is 2. The molecule has 2 aromatic carbocycles. The number of aromatic nitrogens is 2. The molecule has 0 spiro atoms. The highest BCUT2D eigenvalue weighted by molar-refractivity contribution is 7.91. The molecule has 0 atom stereocenters. The van der Waals surface area contributed by atoms with Crippen LogP contribution in [0.4, 0.5) is 18.9 Å². The molecule has 0 saturated carbocycles. The molecule has 0 fully saturated rings. The highest BCUT2D eigenvalue weighted by Crippen LogP contribution is 2.31. The van der Waals surface area contributed by atoms with Crippen molar-refractivity contribution in [1.82, 2.24) is 10.2 Å². The second-order valence-corrected chi connectivity index (χ2v) is 8.39. The van der Waals surface area contributed by atoms with Crippen LogP contribution in [-0.4, -0.2) is 24.4 Å². The first kappa shape index (κ1) is 19.9. The topological polar surface area (TPSA) is 74.8 Å². The summed E-state index contributed by atoms with van der Waals surface area (Å²) in [4.78, 5) is 0.259. The molecule has 148 valence electrons. The van der Waals surface area contributed by atoms with E-state index in [1.165, 1.54) is 24.3 Å². The van der Waals surface area contributed by atoms with Gasteiger partial charge in [0.15, 0.2) is 9.84 Å². The molecule has 0 radical (unpaired) electrons. The van der Waals surface area contributed by atoms with E-state index in [0.29, 0.717) is 17.8 Å². The Hall–Kier alpha value is -2.81. The number of hydrogen-bond donors (Lipinski definition) is 2. The van der Waals surface area contributed by atoms with Crippen LogP contribution in [0.3, 0.4) is 0 Å². The summed E-state index contributed by atoms with van der Waals surface area (Å²) in [5, 5.41) is 10.0. The summed E-state index contributed by atoms with van der Waals surface area (Å²) in [6.45, 7) is 1.95. The molecule has 0 unspecified atom stereocenters. The number of aromatic amines is 1. The van der Waals surface area contributed by atoms with E-state index in [1.807, 2.05) is 0 Å². The first-order valence-electron chi connectivity index (χ1n) is 8.47. The minimum absolute atomic E-state index is 0.0330. The zero-order valence-corrected chi connectivity index (χ0v) is 15.7. The van der Waals surface area contributed by atoms with Gasteiger partial charge in [-0.05, 0) is 36.4 Å². The summed E-state index contributed by atoms with van der Waals surface area (Å²) in [6.07, 6.45) is -2.72. The lowest BCUT2D eigenvalue weighted by molar-refractivity contribution is -0.137. The van der Waals surface area contributed by atoms with Crippen LogP contribution in [0.1, 0.15) is 18.1 Å². The lowest BCUT2D eigenvalue weighted by Gasteiger charge is -2.09. The normalized spacial score (nSPS) is 12.1. The number of anilines is 1. The molecule has 3 aromatic rings. The number of H-pyrrole nitrogens is 1. The van der Waals surface area contributed by atoms with Crippen LogP contribution >= 0.6 is 0 Å². The number of halogens is 3. The smallest absolute Gasteiger partial charge is 0.381 e. The number of hydrogen-bond acceptors (Lipinski definition) is 4. The van der Waals surface area contributed by atoms with E-state index >= 15 is 0 Å². The van der Waals surface area contributed by atoms with Crippen molar-refractivity contribution in [3.63, 3.8) is 0 Å². The van der Waals surface area contributed by atoms with E-state index in [9.17, 15) is 21.6 Å². The first-order chi connectivity index (χ1) is 13.2. The van der Waals surface area contributed by atoms with E-state index in [0.717, 1.165) is 23.4 Å². The molecule has 9 heteroatoms. The Morgan fingerprint density at radius 1 is 1.04 bits per heavy atom. The van der Waals surface area contributed by atoms with Crippen molar-refractivity contribution < 1.29 is 21.6 Å². The molecule has 28 heavy (non-hydrogen) atoms. The maximum atomic E-state index is 12.7. The van der Waals surface area contributed by atoms with Crippen molar-refractivity contribution in [3.8, 4) is 11.3 Å². The third-order valence-electron chi connectivity index (χ3n) is 4.28. The van der Waals surface area contributed by atoms with E-state index in [4.69, 9.17) is 0 Å². The average Bonchev–Trinajstić information content (AvgIpc) is 3.15. The zero-order valence-electron chi connectivity index (χ0n) is 14.9. The number of rotatable bonds is 6. The molecule has 0 aliphatic heterocycles. The number of sulfone groups is 1. The molecule has 0 aliphatic rings. The largest absolute Gasteiger partial charge is 0.416 e. The van der Waals surface area contributed by atoms with E-state index in [-0.39, 0.29) is 10.6 Å². The quantitative estimate of drug-likeness (QED) is 0.629. The summed E-state index contributed by atoms with van der Waals surface area (Å²) in [5.41, 5.74) is 1.88. The minimum Gasteiger partial charge on any atom is -0.381 e. The van der Waals surface area contributed by atoms with Gasteiger partial charge in [0.1, 0.15) is 0 Å². The predicted octanol–water partition coefficient (Wildman–Crippen LogP) is 4.50. The third kappa shape index (κ3) is 4.36. The second kappa shape index (κ2) is 7.67. The Kier molecular flexibility index (Phi) is 5.46. The van der Waals surface area contributed by atoms with Crippen molar-refractivity contribution in [1.29, 1.82) is 0 Å². The lowest BCUT2D eigenvalue weighted by Crippen LogP contribution is -2.05. The summed E-state index contributed by atoms with van der Waals surface area (Å²) in [6, 6.07) is 11.2. The number of alkyl halides is 3. The molecule has 1 aromatic heterocycles. The summed E-state index contributed by atoms with van der Waals surface area (Å²) in [7, 11) is -3.25. The lowest BCUT2D eigenvalue weighted by atomic mass is 10.1. The Labute approximate surface area is 160 Å². The molecular formula is C19H18F3N3O2S. The minimum atomic E-state index is -4.38. The Balaban J connectivity index is 1.73. The zero-order chi connectivity index (χ0) is 20.4. The first-order valence-corrected chi connectivity index (χ1v) is 10.1. The van der Waals surface area contributed by atoms with Crippen LogP contribution < -0.4 is 5.32 Å². The standard InChI is InChI=1S/C19H18F3N3O2S/c1-2-28(26,27)17-9-7-16(8-10-17)23-11-14-12-24-25-18(14)13-3-5-15(6-4-13)19(20,21)22/h3-10,12,23H,2,11H2,1H3,(H,24,25). The van der Waals surface area contributed by atoms with E-state index < -0.39 is 21.6 Å². The molecule has 0 bridgehead atoms. The van der Waals surface area contributed by atoms with Crippen molar-refractivity contribution >= 4 is 15.5 Å². The van der Waals surface area contributed by atoms with E-state index in [1.54, 1.807) is 25.3 Å². The van der Waals surface area contributed by atoms with Crippen molar-refractivity contribution in [2.24, 2.45) is 0 Å². The van der Waals surface area contributed by atoms with Gasteiger partial charge in [-0.3, -0.25) is 5.10 Å². The fraction of sp³-hybridized carbons (Fsp3) is 0.211. The van der Waals surface area contributed by atoms with Crippen molar-refractivity contribution in [2.75, 3.05) is 11.1 Å². The van der Waals surface area contributed by atoms with Crippen LogP contribution in [0.2, 0.25) is 0 Å². The highest BCUT2D eigenvalue weighted by Gasteiger charge is 2.30. The van der Waals surface area contributed by atoms with E-state index in [2.05, 4.69) is 15.5 Å².